The molecule has 3 aromatic heterocycles. The van der Waals surface area contributed by atoms with Crippen LogP contribution in [0.5, 0.6) is 0 Å². The van der Waals surface area contributed by atoms with Gasteiger partial charge in [-0.25, -0.2) is 4.98 Å². The third-order valence-electron chi connectivity index (χ3n) is 7.80. The molecule has 0 saturated carbocycles. The molecule has 0 bridgehead atoms. The molecule has 0 fully saturated rings. The van der Waals surface area contributed by atoms with Crippen molar-refractivity contribution < 1.29 is 0 Å². The van der Waals surface area contributed by atoms with Crippen molar-refractivity contribution in [1.82, 2.24) is 4.98 Å². The van der Waals surface area contributed by atoms with E-state index in [1.807, 2.05) is 22.7 Å². The van der Waals surface area contributed by atoms with Gasteiger partial charge in [0.05, 0.1) is 10.6 Å². The summed E-state index contributed by atoms with van der Waals surface area (Å²) >= 11 is 5.48. The average molecular weight is 630 g/mol. The van der Waals surface area contributed by atoms with Crippen molar-refractivity contribution in [3.63, 3.8) is 0 Å². The molecule has 8 aromatic rings. The fraction of sp³-hybridized carbons (Fsp3) is 0. The molecule has 0 aliphatic heterocycles. The highest BCUT2D eigenvalue weighted by atomic mass is 32.1. The Morgan fingerprint density at radius 3 is 1.18 bits per heavy atom. The molecule has 0 N–H and O–H groups in total. The first-order valence-electron chi connectivity index (χ1n) is 14.9. The van der Waals surface area contributed by atoms with E-state index in [1.165, 1.54) is 57.8 Å². The Morgan fingerprint density at radius 1 is 0.333 bits per heavy atom. The largest absolute Gasteiger partial charge is 0.235 e. The fourth-order valence-electron chi connectivity index (χ4n) is 5.61. The van der Waals surface area contributed by atoms with Gasteiger partial charge in [0.1, 0.15) is 5.01 Å². The minimum absolute atomic E-state index is 1.03. The normalized spacial score (nSPS) is 11.1. The van der Waals surface area contributed by atoms with E-state index in [0.29, 0.717) is 0 Å². The standard InChI is InChI=1S/C41H27NS3/c1-6-16-28(17-7-1)35-26-33(38(43-35)30-20-10-3-11-21-30)37-40(45-41(42-37)32-24-14-5-15-25-32)34-27-36(29-18-8-2-9-19-29)44-39(34)31-22-12-4-13-23-31/h1-27H. The third kappa shape index (κ3) is 5.49. The molecule has 0 radical (unpaired) electrons. The van der Waals surface area contributed by atoms with Crippen molar-refractivity contribution in [2.24, 2.45) is 0 Å². The van der Waals surface area contributed by atoms with Crippen LogP contribution in [-0.4, -0.2) is 4.98 Å². The molecule has 0 amide bonds. The van der Waals surface area contributed by atoms with E-state index in [0.717, 1.165) is 16.3 Å². The van der Waals surface area contributed by atoms with E-state index in [4.69, 9.17) is 4.98 Å². The van der Waals surface area contributed by atoms with Gasteiger partial charge in [0.2, 0.25) is 0 Å². The van der Waals surface area contributed by atoms with Gasteiger partial charge in [0.15, 0.2) is 0 Å². The van der Waals surface area contributed by atoms with Gasteiger partial charge in [0, 0.05) is 36.2 Å². The molecule has 1 nitrogen and oxygen atoms in total. The number of hydrogen-bond donors (Lipinski definition) is 0. The van der Waals surface area contributed by atoms with Crippen LogP contribution in [0.4, 0.5) is 0 Å². The highest BCUT2D eigenvalue weighted by Crippen LogP contribution is 2.52. The van der Waals surface area contributed by atoms with Crippen LogP contribution < -0.4 is 0 Å². The second-order valence-electron chi connectivity index (χ2n) is 10.7. The number of hydrogen-bond acceptors (Lipinski definition) is 4. The molecule has 0 atom stereocenters. The number of nitrogens with zero attached hydrogens (tertiary/aromatic N) is 1. The SMILES string of the molecule is c1ccc(-c2cc(-c3nc(-c4ccccc4)sc3-c3cc(-c4ccccc4)sc3-c3ccccc3)c(-c3ccccc3)s2)cc1. The zero-order valence-corrected chi connectivity index (χ0v) is 26.7. The Kier molecular flexibility index (Phi) is 7.53. The van der Waals surface area contributed by atoms with Crippen molar-refractivity contribution in [2.75, 3.05) is 0 Å². The van der Waals surface area contributed by atoms with Gasteiger partial charge in [0.25, 0.3) is 0 Å². The Morgan fingerprint density at radius 2 is 0.711 bits per heavy atom. The van der Waals surface area contributed by atoms with Crippen LogP contribution in [0.3, 0.4) is 0 Å². The maximum Gasteiger partial charge on any atom is 0.124 e. The second kappa shape index (κ2) is 12.3. The van der Waals surface area contributed by atoms with Crippen LogP contribution in [0.15, 0.2) is 164 Å². The first-order valence-corrected chi connectivity index (χ1v) is 17.3. The Labute approximate surface area is 275 Å². The average Bonchev–Trinajstić information content (AvgIpc) is 3.88. The lowest BCUT2D eigenvalue weighted by Gasteiger charge is -2.06. The quantitative estimate of drug-likeness (QED) is 0.171. The van der Waals surface area contributed by atoms with Crippen LogP contribution in [0, 0.1) is 0 Å². The highest BCUT2D eigenvalue weighted by molar-refractivity contribution is 7.22. The van der Waals surface area contributed by atoms with Gasteiger partial charge in [-0.1, -0.05) is 152 Å². The topological polar surface area (TPSA) is 12.9 Å². The molecular formula is C41H27NS3. The maximum absolute atomic E-state index is 5.47. The minimum Gasteiger partial charge on any atom is -0.235 e. The van der Waals surface area contributed by atoms with E-state index in [9.17, 15) is 0 Å². The van der Waals surface area contributed by atoms with Gasteiger partial charge in [-0.3, -0.25) is 0 Å². The van der Waals surface area contributed by atoms with E-state index in [1.54, 1.807) is 11.3 Å². The lowest BCUT2D eigenvalue weighted by molar-refractivity contribution is 1.41. The summed E-state index contributed by atoms with van der Waals surface area (Å²) in [7, 11) is 0. The lowest BCUT2D eigenvalue weighted by Crippen LogP contribution is -1.84. The summed E-state index contributed by atoms with van der Waals surface area (Å²) in [5, 5.41) is 1.03. The fourth-order valence-corrected chi connectivity index (χ4v) is 9.13. The number of thiophene rings is 2. The Hall–Kier alpha value is -4.87. The highest BCUT2D eigenvalue weighted by Gasteiger charge is 2.25. The molecule has 0 aliphatic rings. The summed E-state index contributed by atoms with van der Waals surface area (Å²) in [5.41, 5.74) is 9.44. The van der Waals surface area contributed by atoms with Gasteiger partial charge in [-0.15, -0.1) is 34.0 Å². The molecule has 4 heteroatoms. The molecule has 214 valence electrons. The van der Waals surface area contributed by atoms with E-state index < -0.39 is 0 Å². The van der Waals surface area contributed by atoms with Gasteiger partial charge >= 0.3 is 0 Å². The Balaban J connectivity index is 1.41. The van der Waals surface area contributed by atoms with Gasteiger partial charge < -0.3 is 0 Å². The van der Waals surface area contributed by atoms with Gasteiger partial charge in [-0.05, 0) is 34.4 Å². The molecule has 8 rings (SSSR count). The van der Waals surface area contributed by atoms with Crippen LogP contribution in [0.25, 0.3) is 74.0 Å². The van der Waals surface area contributed by atoms with Gasteiger partial charge in [-0.2, -0.15) is 0 Å². The summed E-state index contributed by atoms with van der Waals surface area (Å²) in [6, 6.07) is 58.2. The number of rotatable bonds is 7. The third-order valence-corrected chi connectivity index (χ3v) is 11.4. The Bertz CT molecular complexity index is 2040. The summed E-state index contributed by atoms with van der Waals surface area (Å²) in [6.07, 6.45) is 0. The second-order valence-corrected chi connectivity index (χ2v) is 13.8. The van der Waals surface area contributed by atoms with Crippen molar-refractivity contribution in [3.8, 4) is 74.0 Å². The molecule has 3 heterocycles. The molecule has 0 unspecified atom stereocenters. The van der Waals surface area contributed by atoms with E-state index in [-0.39, 0.29) is 0 Å². The predicted molar refractivity (Wildman–Crippen MR) is 196 cm³/mol. The summed E-state index contributed by atoms with van der Waals surface area (Å²) in [4.78, 5) is 11.7. The summed E-state index contributed by atoms with van der Waals surface area (Å²) < 4.78 is 0. The lowest BCUT2D eigenvalue weighted by atomic mass is 10.0. The zero-order chi connectivity index (χ0) is 30.0. The predicted octanol–water partition coefficient (Wildman–Crippen LogP) is 12.9. The monoisotopic (exact) mass is 629 g/mol. The molecule has 0 saturated heterocycles. The first-order chi connectivity index (χ1) is 22.3. The molecule has 0 aliphatic carbocycles. The number of aromatic nitrogens is 1. The molecular weight excluding hydrogens is 603 g/mol. The van der Waals surface area contributed by atoms with Crippen LogP contribution >= 0.6 is 34.0 Å². The van der Waals surface area contributed by atoms with E-state index >= 15 is 0 Å². The minimum atomic E-state index is 1.03. The van der Waals surface area contributed by atoms with Crippen molar-refractivity contribution in [1.29, 1.82) is 0 Å². The van der Waals surface area contributed by atoms with Crippen LogP contribution in [0.2, 0.25) is 0 Å². The van der Waals surface area contributed by atoms with Crippen LogP contribution in [0.1, 0.15) is 0 Å². The van der Waals surface area contributed by atoms with Crippen molar-refractivity contribution >= 4 is 34.0 Å². The first kappa shape index (κ1) is 27.7. The summed E-state index contributed by atoms with van der Waals surface area (Å²) in [5.74, 6) is 0. The van der Waals surface area contributed by atoms with Crippen molar-refractivity contribution in [3.05, 3.63) is 164 Å². The summed E-state index contributed by atoms with van der Waals surface area (Å²) in [6.45, 7) is 0. The molecule has 0 spiro atoms. The zero-order valence-electron chi connectivity index (χ0n) is 24.3. The number of benzene rings is 5. The maximum atomic E-state index is 5.47. The van der Waals surface area contributed by atoms with E-state index in [2.05, 4.69) is 164 Å². The molecule has 45 heavy (non-hydrogen) atoms. The smallest absolute Gasteiger partial charge is 0.124 e. The molecule has 5 aromatic carbocycles. The van der Waals surface area contributed by atoms with Crippen molar-refractivity contribution in [2.45, 2.75) is 0 Å². The number of thiazole rings is 1. The van der Waals surface area contributed by atoms with Crippen LogP contribution in [-0.2, 0) is 0 Å².